The molecular formula is C16H19NO5S. The van der Waals surface area contributed by atoms with Crippen LogP contribution in [0, 0.1) is 0 Å². The van der Waals surface area contributed by atoms with Gasteiger partial charge in [0.1, 0.15) is 5.76 Å². The first-order chi connectivity index (χ1) is 11.0. The predicted octanol–water partition coefficient (Wildman–Crippen LogP) is 2.65. The first-order valence-electron chi connectivity index (χ1n) is 7.36. The van der Waals surface area contributed by atoms with Gasteiger partial charge in [0.25, 0.3) is 0 Å². The Hall–Kier alpha value is -1.99. The van der Waals surface area contributed by atoms with Crippen LogP contribution in [0.2, 0.25) is 0 Å². The molecule has 0 saturated heterocycles. The summed E-state index contributed by atoms with van der Waals surface area (Å²) in [5.41, 5.74) is 0.917. The van der Waals surface area contributed by atoms with Crippen LogP contribution in [0.1, 0.15) is 30.2 Å². The Labute approximate surface area is 135 Å². The summed E-state index contributed by atoms with van der Waals surface area (Å²) in [5, 5.41) is 0. The maximum Gasteiger partial charge on any atom is 0.241 e. The van der Waals surface area contributed by atoms with E-state index in [0.29, 0.717) is 11.5 Å². The molecule has 2 aromatic rings. The molecule has 7 heteroatoms. The molecule has 3 rings (SSSR count). The highest BCUT2D eigenvalue weighted by Gasteiger charge is 2.28. The van der Waals surface area contributed by atoms with Crippen LogP contribution in [0.5, 0.6) is 11.5 Å². The zero-order chi connectivity index (χ0) is 16.4. The molecule has 1 N–H and O–H groups in total. The molecule has 0 radical (unpaired) electrons. The van der Waals surface area contributed by atoms with Gasteiger partial charge < -0.3 is 13.9 Å². The molecule has 1 aromatic heterocycles. The fourth-order valence-electron chi connectivity index (χ4n) is 2.85. The lowest BCUT2D eigenvalue weighted by atomic mass is 9.94. The van der Waals surface area contributed by atoms with Crippen molar-refractivity contribution in [2.24, 2.45) is 0 Å². The highest BCUT2D eigenvalue weighted by Crippen LogP contribution is 2.33. The Morgan fingerprint density at radius 2 is 1.96 bits per heavy atom. The molecule has 124 valence electrons. The maximum absolute atomic E-state index is 12.7. The van der Waals surface area contributed by atoms with E-state index in [-0.39, 0.29) is 10.9 Å². The van der Waals surface area contributed by atoms with Crippen molar-refractivity contribution in [1.82, 2.24) is 4.72 Å². The Kier molecular flexibility index (Phi) is 4.32. The van der Waals surface area contributed by atoms with Crippen molar-refractivity contribution in [3.05, 3.63) is 41.9 Å². The van der Waals surface area contributed by atoms with E-state index in [9.17, 15) is 8.42 Å². The smallest absolute Gasteiger partial charge is 0.241 e. The third kappa shape index (κ3) is 3.07. The van der Waals surface area contributed by atoms with Crippen molar-refractivity contribution in [1.29, 1.82) is 0 Å². The standard InChI is InChI=1S/C16H19NO5S/c1-20-15-7-6-11(10-16(15)21-2)23(18,19)17-13-4-3-5-14-12(13)8-9-22-14/h6-10,13,17H,3-5H2,1-2H3/t13-/m0/s1. The van der Waals surface area contributed by atoms with Crippen molar-refractivity contribution in [3.8, 4) is 11.5 Å². The highest BCUT2D eigenvalue weighted by atomic mass is 32.2. The number of hydrogen-bond donors (Lipinski definition) is 1. The van der Waals surface area contributed by atoms with Crippen LogP contribution in [-0.2, 0) is 16.4 Å². The first-order valence-corrected chi connectivity index (χ1v) is 8.84. The molecule has 1 aliphatic rings. The number of methoxy groups -OCH3 is 2. The Bertz CT molecular complexity index is 797. The summed E-state index contributed by atoms with van der Waals surface area (Å²) in [5.74, 6) is 1.72. The Morgan fingerprint density at radius 3 is 2.70 bits per heavy atom. The minimum absolute atomic E-state index is 0.144. The number of fused-ring (bicyclic) bond motifs is 1. The van der Waals surface area contributed by atoms with Crippen molar-refractivity contribution in [2.75, 3.05) is 14.2 Å². The minimum Gasteiger partial charge on any atom is -0.493 e. The fraction of sp³-hybridized carbons (Fsp3) is 0.375. The number of ether oxygens (including phenoxy) is 2. The molecule has 0 bridgehead atoms. The third-order valence-corrected chi connectivity index (χ3v) is 5.48. The van der Waals surface area contributed by atoms with Gasteiger partial charge in [-0.2, -0.15) is 0 Å². The second-order valence-corrected chi connectivity index (χ2v) is 7.10. The van der Waals surface area contributed by atoms with E-state index in [2.05, 4.69) is 4.72 Å². The zero-order valence-corrected chi connectivity index (χ0v) is 13.9. The third-order valence-electron chi connectivity index (χ3n) is 4.01. The van der Waals surface area contributed by atoms with Gasteiger partial charge in [-0.25, -0.2) is 13.1 Å². The summed E-state index contributed by atoms with van der Waals surface area (Å²) < 4.78 is 43.8. The van der Waals surface area contributed by atoms with Crippen LogP contribution in [0.3, 0.4) is 0 Å². The van der Waals surface area contributed by atoms with Crippen LogP contribution < -0.4 is 14.2 Å². The quantitative estimate of drug-likeness (QED) is 0.907. The SMILES string of the molecule is COc1ccc(S(=O)(=O)N[C@H]2CCCc3occc32)cc1OC. The van der Waals surface area contributed by atoms with Gasteiger partial charge >= 0.3 is 0 Å². The van der Waals surface area contributed by atoms with E-state index in [1.165, 1.54) is 26.4 Å². The fourth-order valence-corrected chi connectivity index (χ4v) is 4.11. The van der Waals surface area contributed by atoms with E-state index in [0.717, 1.165) is 30.6 Å². The summed E-state index contributed by atoms with van der Waals surface area (Å²) in [4.78, 5) is 0.144. The lowest BCUT2D eigenvalue weighted by Gasteiger charge is -2.22. The summed E-state index contributed by atoms with van der Waals surface area (Å²) in [6.07, 6.45) is 4.09. The van der Waals surface area contributed by atoms with Crippen LogP contribution in [0.15, 0.2) is 39.8 Å². The zero-order valence-electron chi connectivity index (χ0n) is 13.0. The molecule has 1 atom stereocenters. The van der Waals surface area contributed by atoms with Crippen molar-refractivity contribution in [3.63, 3.8) is 0 Å². The van der Waals surface area contributed by atoms with E-state index in [4.69, 9.17) is 13.9 Å². The summed E-state index contributed by atoms with van der Waals surface area (Å²) in [6, 6.07) is 6.10. The van der Waals surface area contributed by atoms with Gasteiger partial charge in [-0.05, 0) is 31.0 Å². The molecule has 0 aliphatic heterocycles. The van der Waals surface area contributed by atoms with E-state index >= 15 is 0 Å². The molecule has 0 spiro atoms. The minimum atomic E-state index is -3.67. The van der Waals surface area contributed by atoms with Gasteiger partial charge in [-0.1, -0.05) is 0 Å². The first kappa shape index (κ1) is 15.9. The number of sulfonamides is 1. The normalized spacial score (nSPS) is 17.6. The van der Waals surface area contributed by atoms with Crippen LogP contribution in [0.4, 0.5) is 0 Å². The summed E-state index contributed by atoms with van der Waals surface area (Å²) >= 11 is 0. The lowest BCUT2D eigenvalue weighted by Crippen LogP contribution is -2.30. The van der Waals surface area contributed by atoms with Gasteiger partial charge in [0.2, 0.25) is 10.0 Å². The average molecular weight is 337 g/mol. The van der Waals surface area contributed by atoms with Gasteiger partial charge in [0.15, 0.2) is 11.5 Å². The monoisotopic (exact) mass is 337 g/mol. The van der Waals surface area contributed by atoms with Crippen molar-refractivity contribution in [2.45, 2.75) is 30.2 Å². The summed E-state index contributed by atoms with van der Waals surface area (Å²) in [6.45, 7) is 0. The van der Waals surface area contributed by atoms with E-state index in [1.807, 2.05) is 6.07 Å². The number of rotatable bonds is 5. The number of furan rings is 1. The Balaban J connectivity index is 1.89. The van der Waals surface area contributed by atoms with Gasteiger partial charge in [-0.3, -0.25) is 0 Å². The summed E-state index contributed by atoms with van der Waals surface area (Å²) in [7, 11) is -0.686. The number of benzene rings is 1. The van der Waals surface area contributed by atoms with Crippen LogP contribution in [0.25, 0.3) is 0 Å². The molecule has 1 aliphatic carbocycles. The van der Waals surface area contributed by atoms with Gasteiger partial charge in [0, 0.05) is 18.1 Å². The van der Waals surface area contributed by atoms with Gasteiger partial charge in [0.05, 0.1) is 31.4 Å². The topological polar surface area (TPSA) is 77.8 Å². The van der Waals surface area contributed by atoms with E-state index < -0.39 is 10.0 Å². The average Bonchev–Trinajstić information content (AvgIpc) is 3.03. The maximum atomic E-state index is 12.7. The number of nitrogens with one attached hydrogen (secondary N) is 1. The lowest BCUT2D eigenvalue weighted by molar-refractivity contribution is 0.354. The molecular weight excluding hydrogens is 318 g/mol. The molecule has 0 fully saturated rings. The van der Waals surface area contributed by atoms with Gasteiger partial charge in [-0.15, -0.1) is 0 Å². The van der Waals surface area contributed by atoms with Crippen LogP contribution in [-0.4, -0.2) is 22.6 Å². The molecule has 0 unspecified atom stereocenters. The Morgan fingerprint density at radius 1 is 1.17 bits per heavy atom. The largest absolute Gasteiger partial charge is 0.493 e. The predicted molar refractivity (Wildman–Crippen MR) is 84.3 cm³/mol. The van der Waals surface area contributed by atoms with Crippen molar-refractivity contribution >= 4 is 10.0 Å². The number of aryl methyl sites for hydroxylation is 1. The van der Waals surface area contributed by atoms with Crippen LogP contribution >= 0.6 is 0 Å². The van der Waals surface area contributed by atoms with E-state index in [1.54, 1.807) is 12.3 Å². The molecule has 23 heavy (non-hydrogen) atoms. The second kappa shape index (κ2) is 6.25. The number of hydrogen-bond acceptors (Lipinski definition) is 5. The molecule has 0 amide bonds. The second-order valence-electron chi connectivity index (χ2n) is 5.38. The highest BCUT2D eigenvalue weighted by molar-refractivity contribution is 7.89. The van der Waals surface area contributed by atoms with Crippen molar-refractivity contribution < 1.29 is 22.3 Å². The molecule has 1 heterocycles. The molecule has 0 saturated carbocycles. The molecule has 6 nitrogen and oxygen atoms in total. The molecule has 1 aromatic carbocycles.